The molecule has 32 heavy (non-hydrogen) atoms. The lowest BCUT2D eigenvalue weighted by Gasteiger charge is -2.22. The zero-order valence-electron chi connectivity index (χ0n) is 18.3. The minimum atomic E-state index is -3.47. The smallest absolute Gasteiger partial charge is 0.251 e. The highest BCUT2D eigenvalue weighted by atomic mass is 32.2. The molecule has 0 aliphatic rings. The molecule has 0 saturated carbocycles. The van der Waals surface area contributed by atoms with Crippen molar-refractivity contribution < 1.29 is 13.2 Å². The molecule has 0 radical (unpaired) electrons. The summed E-state index contributed by atoms with van der Waals surface area (Å²) in [5, 5.41) is 2.92. The fourth-order valence-electron chi connectivity index (χ4n) is 3.14. The normalized spacial score (nSPS) is 11.2. The van der Waals surface area contributed by atoms with Gasteiger partial charge in [0.2, 0.25) is 10.0 Å². The summed E-state index contributed by atoms with van der Waals surface area (Å²) in [7, 11) is -3.47. The first-order valence-corrected chi connectivity index (χ1v) is 13.4. The molecule has 1 N–H and O–H groups in total. The van der Waals surface area contributed by atoms with Crippen LogP contribution in [0.15, 0.2) is 78.9 Å². The third-order valence-electron chi connectivity index (χ3n) is 4.91. The lowest BCUT2D eigenvalue weighted by atomic mass is 10.2. The number of aryl methyl sites for hydroxylation is 1. The predicted molar refractivity (Wildman–Crippen MR) is 134 cm³/mol. The Morgan fingerprint density at radius 3 is 2.19 bits per heavy atom. The number of carbonyl (C=O) groups is 1. The van der Waals surface area contributed by atoms with Crippen molar-refractivity contribution in [3.8, 4) is 0 Å². The van der Waals surface area contributed by atoms with Crippen molar-refractivity contribution in [2.75, 3.05) is 22.9 Å². The highest BCUT2D eigenvalue weighted by Crippen LogP contribution is 2.21. The van der Waals surface area contributed by atoms with Crippen molar-refractivity contribution in [1.82, 2.24) is 5.32 Å². The van der Waals surface area contributed by atoms with E-state index in [0.717, 1.165) is 17.1 Å². The van der Waals surface area contributed by atoms with Crippen LogP contribution < -0.4 is 9.62 Å². The van der Waals surface area contributed by atoms with E-state index >= 15 is 0 Å². The number of carbonyl (C=O) groups excluding carboxylic acids is 1. The third-order valence-corrected chi connectivity index (χ3v) is 7.08. The lowest BCUT2D eigenvalue weighted by Crippen LogP contribution is -2.29. The molecule has 3 aromatic carbocycles. The Hall–Kier alpha value is -2.77. The van der Waals surface area contributed by atoms with Gasteiger partial charge in [-0.05, 0) is 42.3 Å². The average Bonchev–Trinajstić information content (AvgIpc) is 2.78. The number of nitrogens with one attached hydrogen (secondary N) is 1. The molecule has 0 atom stereocenters. The van der Waals surface area contributed by atoms with Crippen LogP contribution in [-0.2, 0) is 22.3 Å². The molecule has 7 heteroatoms. The number of amides is 1. The molecule has 0 fully saturated rings. The van der Waals surface area contributed by atoms with E-state index in [1.54, 1.807) is 36.0 Å². The minimum Gasteiger partial charge on any atom is -0.351 e. The van der Waals surface area contributed by atoms with E-state index in [1.165, 1.54) is 21.7 Å². The summed E-state index contributed by atoms with van der Waals surface area (Å²) in [4.78, 5) is 12.4. The number of nitrogens with zero attached hydrogens (tertiary/aromatic N) is 1. The molecular weight excluding hydrogens is 440 g/mol. The Kier molecular flexibility index (Phi) is 8.36. The lowest BCUT2D eigenvalue weighted by molar-refractivity contribution is 0.0956. The van der Waals surface area contributed by atoms with Crippen LogP contribution in [0.4, 0.5) is 5.69 Å². The molecule has 0 aromatic heterocycles. The zero-order chi connectivity index (χ0) is 23.0. The van der Waals surface area contributed by atoms with Crippen LogP contribution in [0.5, 0.6) is 0 Å². The Bertz CT molecular complexity index is 1110. The zero-order valence-corrected chi connectivity index (χ0v) is 20.0. The van der Waals surface area contributed by atoms with E-state index in [9.17, 15) is 13.2 Å². The maximum atomic E-state index is 12.4. The third kappa shape index (κ3) is 7.14. The summed E-state index contributed by atoms with van der Waals surface area (Å²) in [6, 6.07) is 24.5. The van der Waals surface area contributed by atoms with Gasteiger partial charge in [0.25, 0.3) is 5.91 Å². The number of benzene rings is 3. The first kappa shape index (κ1) is 23.9. The van der Waals surface area contributed by atoms with Gasteiger partial charge in [-0.15, -0.1) is 0 Å². The molecular formula is C25H28N2O3S2. The van der Waals surface area contributed by atoms with Crippen LogP contribution in [0.3, 0.4) is 0 Å². The van der Waals surface area contributed by atoms with Crippen molar-refractivity contribution in [2.24, 2.45) is 0 Å². The number of hydrogen-bond donors (Lipinski definition) is 1. The standard InChI is InChI=1S/C25H28N2O3S2/c1-20-8-10-22(11-9-20)19-31-17-16-26-25(28)23-12-14-24(15-13-23)27(32(2,29)30)18-21-6-4-3-5-7-21/h3-15H,16-19H2,1-2H3,(H,26,28). The topological polar surface area (TPSA) is 66.5 Å². The first-order valence-electron chi connectivity index (χ1n) is 10.4. The van der Waals surface area contributed by atoms with Crippen LogP contribution in [-0.4, -0.2) is 32.9 Å². The second-order valence-electron chi connectivity index (χ2n) is 7.60. The Labute approximate surface area is 194 Å². The Morgan fingerprint density at radius 2 is 1.56 bits per heavy atom. The first-order chi connectivity index (χ1) is 15.3. The largest absolute Gasteiger partial charge is 0.351 e. The quantitative estimate of drug-likeness (QED) is 0.441. The van der Waals surface area contributed by atoms with Gasteiger partial charge in [0.15, 0.2) is 0 Å². The molecule has 168 valence electrons. The maximum absolute atomic E-state index is 12.4. The summed E-state index contributed by atoms with van der Waals surface area (Å²) >= 11 is 1.77. The number of sulfonamides is 1. The van der Waals surface area contributed by atoms with Gasteiger partial charge < -0.3 is 5.32 Å². The van der Waals surface area contributed by atoms with Crippen LogP contribution >= 0.6 is 11.8 Å². The van der Waals surface area contributed by atoms with Gasteiger partial charge in [0, 0.05) is 23.6 Å². The van der Waals surface area contributed by atoms with Gasteiger partial charge in [0.05, 0.1) is 18.5 Å². The molecule has 0 saturated heterocycles. The van der Waals surface area contributed by atoms with Crippen LogP contribution in [0.2, 0.25) is 0 Å². The summed E-state index contributed by atoms with van der Waals surface area (Å²) < 4.78 is 26.0. The molecule has 0 aliphatic carbocycles. The number of rotatable bonds is 10. The van der Waals surface area contributed by atoms with Gasteiger partial charge in [-0.2, -0.15) is 11.8 Å². The summed E-state index contributed by atoms with van der Waals surface area (Å²) in [5.74, 6) is 1.56. The molecule has 5 nitrogen and oxygen atoms in total. The highest BCUT2D eigenvalue weighted by Gasteiger charge is 2.18. The van der Waals surface area contributed by atoms with Crippen LogP contribution in [0, 0.1) is 6.92 Å². The number of hydrogen-bond acceptors (Lipinski definition) is 4. The van der Waals surface area contributed by atoms with Crippen LogP contribution in [0.25, 0.3) is 0 Å². The van der Waals surface area contributed by atoms with E-state index in [0.29, 0.717) is 17.8 Å². The van der Waals surface area contributed by atoms with Crippen molar-refractivity contribution >= 4 is 33.4 Å². The van der Waals surface area contributed by atoms with Crippen LogP contribution in [0.1, 0.15) is 27.0 Å². The number of anilines is 1. The molecule has 3 rings (SSSR count). The predicted octanol–water partition coefficient (Wildman–Crippen LogP) is 4.62. The molecule has 0 unspecified atom stereocenters. The summed E-state index contributed by atoms with van der Waals surface area (Å²) in [5.41, 5.74) is 4.44. The Morgan fingerprint density at radius 1 is 0.906 bits per heavy atom. The molecule has 1 amide bonds. The van der Waals surface area contributed by atoms with Gasteiger partial charge in [-0.3, -0.25) is 9.10 Å². The van der Waals surface area contributed by atoms with Crippen molar-refractivity contribution in [2.45, 2.75) is 19.2 Å². The molecule has 3 aromatic rings. The van der Waals surface area contributed by atoms with Gasteiger partial charge in [-0.1, -0.05) is 60.2 Å². The second-order valence-corrected chi connectivity index (χ2v) is 10.6. The van der Waals surface area contributed by atoms with E-state index in [4.69, 9.17) is 0 Å². The fourth-order valence-corrected chi connectivity index (χ4v) is 4.85. The molecule has 0 spiro atoms. The molecule has 0 bridgehead atoms. The van der Waals surface area contributed by atoms with Gasteiger partial charge in [0.1, 0.15) is 0 Å². The van der Waals surface area contributed by atoms with Crippen molar-refractivity contribution in [3.63, 3.8) is 0 Å². The van der Waals surface area contributed by atoms with E-state index in [-0.39, 0.29) is 12.5 Å². The van der Waals surface area contributed by atoms with E-state index < -0.39 is 10.0 Å². The maximum Gasteiger partial charge on any atom is 0.251 e. The average molecular weight is 469 g/mol. The molecule has 0 heterocycles. The van der Waals surface area contributed by atoms with Crippen molar-refractivity contribution in [3.05, 3.63) is 101 Å². The highest BCUT2D eigenvalue weighted by molar-refractivity contribution is 7.98. The minimum absolute atomic E-state index is 0.165. The number of thioether (sulfide) groups is 1. The monoisotopic (exact) mass is 468 g/mol. The van der Waals surface area contributed by atoms with Crippen molar-refractivity contribution in [1.29, 1.82) is 0 Å². The summed E-state index contributed by atoms with van der Waals surface area (Å²) in [6.45, 7) is 2.88. The van der Waals surface area contributed by atoms with E-state index in [2.05, 4.69) is 36.5 Å². The van der Waals surface area contributed by atoms with Gasteiger partial charge in [-0.25, -0.2) is 8.42 Å². The Balaban J connectivity index is 1.52. The SMILES string of the molecule is Cc1ccc(CSCCNC(=O)c2ccc(N(Cc3ccccc3)S(C)(=O)=O)cc2)cc1. The molecule has 0 aliphatic heterocycles. The summed E-state index contributed by atoms with van der Waals surface area (Å²) in [6.07, 6.45) is 1.19. The van der Waals surface area contributed by atoms with Gasteiger partial charge >= 0.3 is 0 Å². The fraction of sp³-hybridized carbons (Fsp3) is 0.240. The van der Waals surface area contributed by atoms with E-state index in [1.807, 2.05) is 30.3 Å². The second kappa shape index (κ2) is 11.2.